The Labute approximate surface area is 126 Å². The molecule has 0 aliphatic rings. The predicted molar refractivity (Wildman–Crippen MR) is 90.0 cm³/mol. The van der Waals surface area contributed by atoms with E-state index in [0.717, 1.165) is 12.5 Å². The van der Waals surface area contributed by atoms with Crippen LogP contribution in [0, 0.1) is 11.3 Å². The molecule has 0 spiro atoms. The van der Waals surface area contributed by atoms with Crippen molar-refractivity contribution in [1.29, 1.82) is 0 Å². The minimum Gasteiger partial charge on any atom is -0.308 e. The van der Waals surface area contributed by atoms with E-state index in [1.807, 2.05) is 0 Å². The molecule has 0 fully saturated rings. The first kappa shape index (κ1) is 17.2. The minimum absolute atomic E-state index is 0.175. The summed E-state index contributed by atoms with van der Waals surface area (Å²) in [4.78, 5) is 0. The van der Waals surface area contributed by atoms with Gasteiger partial charge in [0.2, 0.25) is 0 Å². The maximum absolute atomic E-state index is 3.69. The first-order valence-corrected chi connectivity index (χ1v) is 7.90. The maximum atomic E-state index is 3.69. The Morgan fingerprint density at radius 1 is 0.900 bits per heavy atom. The first-order valence-electron chi connectivity index (χ1n) is 7.90. The van der Waals surface area contributed by atoms with Gasteiger partial charge in [-0.25, -0.2) is 0 Å². The van der Waals surface area contributed by atoms with Gasteiger partial charge in [0.25, 0.3) is 0 Å². The molecular weight excluding hydrogens is 242 g/mol. The normalized spacial score (nSPS) is 13.0. The molecule has 0 aromatic heterocycles. The van der Waals surface area contributed by atoms with E-state index in [9.17, 15) is 0 Å². The second kappa shape index (κ2) is 6.76. The third kappa shape index (κ3) is 7.09. The van der Waals surface area contributed by atoms with E-state index < -0.39 is 0 Å². The molecule has 0 saturated heterocycles. The summed E-state index contributed by atoms with van der Waals surface area (Å²) in [6, 6.07) is 9.07. The molecule has 1 N–H and O–H groups in total. The molecule has 0 saturated carbocycles. The van der Waals surface area contributed by atoms with Gasteiger partial charge in [0.05, 0.1) is 0 Å². The Kier molecular flexibility index (Phi) is 5.82. The summed E-state index contributed by atoms with van der Waals surface area (Å²) < 4.78 is 0. The van der Waals surface area contributed by atoms with Crippen molar-refractivity contribution in [1.82, 2.24) is 5.32 Å². The molecule has 1 heteroatoms. The van der Waals surface area contributed by atoms with Crippen LogP contribution in [0.2, 0.25) is 0 Å². The van der Waals surface area contributed by atoms with Crippen molar-refractivity contribution in [3.05, 3.63) is 35.4 Å². The molecule has 0 amide bonds. The van der Waals surface area contributed by atoms with Crippen molar-refractivity contribution in [2.24, 2.45) is 11.3 Å². The summed E-state index contributed by atoms with van der Waals surface area (Å²) in [5.74, 6) is 0.727. The summed E-state index contributed by atoms with van der Waals surface area (Å²) in [5, 5.41) is 3.69. The van der Waals surface area contributed by atoms with Crippen molar-refractivity contribution in [2.45, 2.75) is 73.4 Å². The lowest BCUT2D eigenvalue weighted by molar-refractivity contribution is 0.241. The SMILES string of the molecule is CC(C)Cc1ccc(CNC(C)(C)CC(C)(C)C)cc1. The molecule has 0 radical (unpaired) electrons. The summed E-state index contributed by atoms with van der Waals surface area (Å²) in [6.07, 6.45) is 2.34. The first-order chi connectivity index (χ1) is 9.07. The van der Waals surface area contributed by atoms with Crippen LogP contribution in [0.3, 0.4) is 0 Å². The summed E-state index contributed by atoms with van der Waals surface area (Å²) in [5.41, 5.74) is 3.35. The van der Waals surface area contributed by atoms with E-state index in [2.05, 4.69) is 78.0 Å². The quantitative estimate of drug-likeness (QED) is 0.753. The molecule has 1 aromatic carbocycles. The molecule has 20 heavy (non-hydrogen) atoms. The standard InChI is InChI=1S/C19H33N/c1-15(2)12-16-8-10-17(11-9-16)13-20-19(6,7)14-18(3,4)5/h8-11,15,20H,12-14H2,1-7H3. The van der Waals surface area contributed by atoms with Crippen LogP contribution in [0.15, 0.2) is 24.3 Å². The van der Waals surface area contributed by atoms with Crippen LogP contribution >= 0.6 is 0 Å². The molecule has 0 atom stereocenters. The van der Waals surface area contributed by atoms with Crippen LogP contribution in [-0.2, 0) is 13.0 Å². The van der Waals surface area contributed by atoms with E-state index in [-0.39, 0.29) is 5.54 Å². The van der Waals surface area contributed by atoms with Crippen LogP contribution < -0.4 is 5.32 Å². The van der Waals surface area contributed by atoms with Gasteiger partial charge in [-0.05, 0) is 49.1 Å². The van der Waals surface area contributed by atoms with Gasteiger partial charge in [0.1, 0.15) is 0 Å². The highest BCUT2D eigenvalue weighted by Gasteiger charge is 2.24. The zero-order valence-electron chi connectivity index (χ0n) is 14.5. The minimum atomic E-state index is 0.175. The monoisotopic (exact) mass is 275 g/mol. The molecule has 0 heterocycles. The topological polar surface area (TPSA) is 12.0 Å². The highest BCUT2D eigenvalue weighted by molar-refractivity contribution is 5.23. The second-order valence-corrected chi connectivity index (χ2v) is 8.39. The molecule has 1 nitrogen and oxygen atoms in total. The number of hydrogen-bond acceptors (Lipinski definition) is 1. The van der Waals surface area contributed by atoms with Crippen LogP contribution in [0.4, 0.5) is 0 Å². The Morgan fingerprint density at radius 2 is 1.40 bits per heavy atom. The van der Waals surface area contributed by atoms with Gasteiger partial charge in [0.15, 0.2) is 0 Å². The smallest absolute Gasteiger partial charge is 0.0210 e. The van der Waals surface area contributed by atoms with E-state index in [4.69, 9.17) is 0 Å². The Balaban J connectivity index is 2.53. The van der Waals surface area contributed by atoms with E-state index in [0.29, 0.717) is 5.41 Å². The highest BCUT2D eigenvalue weighted by Crippen LogP contribution is 2.27. The van der Waals surface area contributed by atoms with Gasteiger partial charge in [-0.3, -0.25) is 0 Å². The van der Waals surface area contributed by atoms with Gasteiger partial charge in [-0.2, -0.15) is 0 Å². The Bertz CT molecular complexity index is 393. The fourth-order valence-electron chi connectivity index (χ4n) is 2.99. The average molecular weight is 275 g/mol. The van der Waals surface area contributed by atoms with Gasteiger partial charge in [0, 0.05) is 12.1 Å². The van der Waals surface area contributed by atoms with Crippen LogP contribution in [0.1, 0.15) is 66.0 Å². The third-order valence-corrected chi connectivity index (χ3v) is 3.41. The van der Waals surface area contributed by atoms with Gasteiger partial charge >= 0.3 is 0 Å². The lowest BCUT2D eigenvalue weighted by Gasteiger charge is -2.33. The summed E-state index contributed by atoms with van der Waals surface area (Å²) in [6.45, 7) is 17.0. The molecule has 114 valence electrons. The zero-order valence-corrected chi connectivity index (χ0v) is 14.5. The van der Waals surface area contributed by atoms with Crippen molar-refractivity contribution >= 4 is 0 Å². The number of benzene rings is 1. The molecule has 1 rings (SSSR count). The number of hydrogen-bond donors (Lipinski definition) is 1. The van der Waals surface area contributed by atoms with Crippen LogP contribution in [0.25, 0.3) is 0 Å². The van der Waals surface area contributed by atoms with Gasteiger partial charge in [-0.1, -0.05) is 58.9 Å². The molecule has 0 unspecified atom stereocenters. The molecule has 1 aromatic rings. The summed E-state index contributed by atoms with van der Waals surface area (Å²) in [7, 11) is 0. The molecule has 0 aliphatic heterocycles. The van der Waals surface area contributed by atoms with Crippen molar-refractivity contribution in [3.63, 3.8) is 0 Å². The van der Waals surface area contributed by atoms with Gasteiger partial charge < -0.3 is 5.32 Å². The Hall–Kier alpha value is -0.820. The lowest BCUT2D eigenvalue weighted by atomic mass is 9.82. The molecule has 0 aliphatic carbocycles. The predicted octanol–water partition coefficient (Wildman–Crippen LogP) is 5.19. The van der Waals surface area contributed by atoms with Crippen molar-refractivity contribution in [2.75, 3.05) is 0 Å². The number of nitrogens with one attached hydrogen (secondary N) is 1. The fourth-order valence-corrected chi connectivity index (χ4v) is 2.99. The van der Waals surface area contributed by atoms with E-state index >= 15 is 0 Å². The Morgan fingerprint density at radius 3 is 1.85 bits per heavy atom. The second-order valence-electron chi connectivity index (χ2n) is 8.39. The van der Waals surface area contributed by atoms with Crippen molar-refractivity contribution < 1.29 is 0 Å². The summed E-state index contributed by atoms with van der Waals surface area (Å²) >= 11 is 0. The van der Waals surface area contributed by atoms with E-state index in [1.165, 1.54) is 24.0 Å². The third-order valence-electron chi connectivity index (χ3n) is 3.41. The van der Waals surface area contributed by atoms with Gasteiger partial charge in [-0.15, -0.1) is 0 Å². The lowest BCUT2D eigenvalue weighted by Crippen LogP contribution is -2.41. The van der Waals surface area contributed by atoms with Crippen LogP contribution in [-0.4, -0.2) is 5.54 Å². The highest BCUT2D eigenvalue weighted by atomic mass is 14.9. The largest absolute Gasteiger partial charge is 0.308 e. The van der Waals surface area contributed by atoms with Crippen molar-refractivity contribution in [3.8, 4) is 0 Å². The average Bonchev–Trinajstić information content (AvgIpc) is 2.24. The molecular formula is C19H33N. The maximum Gasteiger partial charge on any atom is 0.0210 e. The zero-order chi connectivity index (χ0) is 15.4. The molecule has 0 bridgehead atoms. The number of rotatable bonds is 6. The van der Waals surface area contributed by atoms with Crippen LogP contribution in [0.5, 0.6) is 0 Å². The fraction of sp³-hybridized carbons (Fsp3) is 0.684. The van der Waals surface area contributed by atoms with E-state index in [1.54, 1.807) is 0 Å².